The first-order valence-electron chi connectivity index (χ1n) is 45.0. The van der Waals surface area contributed by atoms with E-state index >= 15 is 0 Å². The fourth-order valence-electron chi connectivity index (χ4n) is 13.3. The van der Waals surface area contributed by atoms with Crippen LogP contribution in [0.1, 0.15) is 81.1 Å². The molecule has 0 fully saturated rings. The van der Waals surface area contributed by atoms with Crippen LogP contribution in [0.3, 0.4) is 0 Å². The van der Waals surface area contributed by atoms with Gasteiger partial charge in [-0.1, -0.05) is 136 Å². The van der Waals surface area contributed by atoms with Crippen molar-refractivity contribution in [3.8, 4) is 0 Å². The van der Waals surface area contributed by atoms with Crippen molar-refractivity contribution in [2.75, 3.05) is 0 Å². The van der Waals surface area contributed by atoms with Crippen LogP contribution in [0.5, 0.6) is 0 Å². The van der Waals surface area contributed by atoms with Crippen LogP contribution in [0.25, 0.3) is 0 Å². The van der Waals surface area contributed by atoms with E-state index < -0.39 is 137 Å². The molecular weight excluding hydrogens is 1860 g/mol. The third kappa shape index (κ3) is 30.7. The molecule has 8 aromatic rings. The maximum Gasteiger partial charge on any atom is 0.336 e. The van der Waals surface area contributed by atoms with Crippen molar-refractivity contribution in [2.24, 2.45) is 5.92 Å². The molecule has 776 valence electrons. The van der Waals surface area contributed by atoms with Crippen LogP contribution in [0, 0.1) is 5.92 Å². The summed E-state index contributed by atoms with van der Waals surface area (Å²) in [5, 5.41) is 0. The highest BCUT2D eigenvalue weighted by molar-refractivity contribution is 4.95. The van der Waals surface area contributed by atoms with E-state index in [-0.39, 0.29) is 156 Å². The van der Waals surface area contributed by atoms with Gasteiger partial charge in [-0.2, -0.15) is 0 Å². The average Bonchev–Trinajstić information content (AvgIpc) is 0.755. The quantitative estimate of drug-likeness (QED) is 0.0407. The lowest BCUT2D eigenvalue weighted by atomic mass is 9.99. The Labute approximate surface area is 816 Å². The monoisotopic (exact) mass is 1990 g/mol. The van der Waals surface area contributed by atoms with Crippen molar-refractivity contribution < 1.29 is 0 Å². The molecule has 48 nitrogen and oxygen atoms in total. The van der Waals surface area contributed by atoms with Gasteiger partial charge in [0.2, 0.25) is 0 Å². The zero-order valence-electron chi connectivity index (χ0n) is 82.7. The Morgan fingerprint density at radius 3 is 0.322 bits per heavy atom. The molecule has 8 aromatic heterocycles. The van der Waals surface area contributed by atoms with E-state index in [0.717, 1.165) is 131 Å². The van der Waals surface area contributed by atoms with Crippen LogP contribution < -0.4 is 137 Å². The van der Waals surface area contributed by atoms with E-state index in [4.69, 9.17) is 0 Å². The molecular formula is C95H132N24O24. The molecule has 0 radical (unpaired) electrons. The van der Waals surface area contributed by atoms with Crippen molar-refractivity contribution in [1.29, 1.82) is 0 Å². The van der Waals surface area contributed by atoms with Gasteiger partial charge in [-0.25, -0.2) is 225 Å². The van der Waals surface area contributed by atoms with Gasteiger partial charge in [-0.15, -0.1) is 112 Å². The first-order chi connectivity index (χ1) is 68.1. The summed E-state index contributed by atoms with van der Waals surface area (Å²) in [6, 6.07) is 0. The number of hydrogen-bond donors (Lipinski definition) is 0. The van der Waals surface area contributed by atoms with E-state index in [1.165, 1.54) is 108 Å². The SMILES string of the molecule is C=CCn1c(=O)n(CC)c(=O)n(CC=C)c1=O.C=CCn1c(=O)n(CC)c(=O)n(CC=C)c1=O.C=CCn1c(=O)n(CC)c(=O)n(CC=C)c1=O.C=CCn1c(=O)n(CC)c(=O)n(CC=C)c1=O.C=CCn1c(=O)n(CC)c(=O)n(CC=C)c1=O.C=CCn1c(=O)n(CC)c(=O)n(CC=C)c1=O.C=CCn1c(=O)n(CC=C)c(=O)n(CC(CC)CCCC)c1=O.C=CCn1c(=O)n(CC=C)c(=O)n(CC=C)c1=O. The second-order valence-electron chi connectivity index (χ2n) is 29.6. The molecule has 0 spiro atoms. The number of rotatable bonds is 46. The average molecular weight is 1990 g/mol. The molecule has 0 saturated carbocycles. The first kappa shape index (κ1) is 124. The zero-order valence-corrected chi connectivity index (χ0v) is 82.7. The van der Waals surface area contributed by atoms with E-state index in [9.17, 15) is 115 Å². The van der Waals surface area contributed by atoms with Crippen LogP contribution in [0.15, 0.2) is 330 Å². The first-order valence-corrected chi connectivity index (χ1v) is 45.0. The molecule has 0 saturated heterocycles. The Morgan fingerprint density at radius 2 is 0.245 bits per heavy atom. The molecule has 0 aromatic carbocycles. The van der Waals surface area contributed by atoms with Gasteiger partial charge in [-0.3, -0.25) is 0 Å². The van der Waals surface area contributed by atoms with Crippen LogP contribution in [-0.4, -0.2) is 110 Å². The van der Waals surface area contributed by atoms with Crippen LogP contribution in [0.4, 0.5) is 0 Å². The highest BCUT2D eigenvalue weighted by Crippen LogP contribution is 2.13. The van der Waals surface area contributed by atoms with E-state index in [1.807, 2.05) is 6.92 Å². The lowest BCUT2D eigenvalue weighted by Gasteiger charge is -2.17. The molecule has 0 aliphatic carbocycles. The molecule has 1 atom stereocenters. The summed E-state index contributed by atoms with van der Waals surface area (Å²) < 4.78 is 23.8. The van der Waals surface area contributed by atoms with Gasteiger partial charge in [0.15, 0.2) is 0 Å². The predicted molar refractivity (Wildman–Crippen MR) is 554 cm³/mol. The highest BCUT2D eigenvalue weighted by Gasteiger charge is 2.22. The third-order valence-corrected chi connectivity index (χ3v) is 20.3. The van der Waals surface area contributed by atoms with Gasteiger partial charge in [0, 0.05) is 45.8 Å². The molecule has 143 heavy (non-hydrogen) atoms. The van der Waals surface area contributed by atoms with Gasteiger partial charge in [-0.05, 0) is 53.9 Å². The van der Waals surface area contributed by atoms with Crippen LogP contribution >= 0.6 is 0 Å². The number of aromatic nitrogens is 24. The minimum atomic E-state index is -0.662. The lowest BCUT2D eigenvalue weighted by Crippen LogP contribution is -2.54. The Hall–Kier alpha value is -17.1. The Bertz CT molecular complexity index is 6360. The van der Waals surface area contributed by atoms with E-state index in [2.05, 4.69) is 119 Å². The molecule has 1 unspecified atom stereocenters. The standard InChI is InChI=1S/C17H27N3O3.C12H15N3O3.6C11H15N3O3/c1-5-9-10-14(8-4)13-20-16(22)18(11-6-2)15(21)19(12-7-3)17(20)23;1-4-7-13-10(16)14(8-5-2)12(18)15(9-6-3)11(13)17;6*1-4-7-13-9(15)12(6-3)10(16)14(8-5-2)11(13)17/h6-7,14H,2-3,5,8-13H2,1,4H3;4-6H,1-3,7-9H2;6*4-5H,1-2,6-8H2,3H3. The Kier molecular flexibility index (Phi) is 54.3. The Balaban J connectivity index is 0.000000819. The van der Waals surface area contributed by atoms with Crippen molar-refractivity contribution in [2.45, 2.75) is 238 Å². The maximum atomic E-state index is 12.5. The summed E-state index contributed by atoms with van der Waals surface area (Å²) in [5.74, 6) is 0.243. The minimum absolute atomic E-state index is 0.0478. The van der Waals surface area contributed by atoms with Crippen molar-refractivity contribution in [3.63, 3.8) is 0 Å². The van der Waals surface area contributed by atoms with Gasteiger partial charge >= 0.3 is 137 Å². The largest absolute Gasteiger partial charge is 0.336 e. The predicted octanol–water partition coefficient (Wildman–Crippen LogP) is -1.13. The fraction of sp³-hybridized carbons (Fsp3) is 0.389. The molecule has 0 aliphatic rings. The molecule has 0 amide bonds. The molecule has 0 bridgehead atoms. The normalized spacial score (nSPS) is 10.5. The molecule has 8 rings (SSSR count). The zero-order chi connectivity index (χ0) is 109. The summed E-state index contributed by atoms with van der Waals surface area (Å²) >= 11 is 0. The maximum absolute atomic E-state index is 12.5. The van der Waals surface area contributed by atoms with Gasteiger partial charge in [0.1, 0.15) is 0 Å². The van der Waals surface area contributed by atoms with Crippen molar-refractivity contribution in [3.05, 3.63) is 467 Å². The molecule has 48 heteroatoms. The van der Waals surface area contributed by atoms with Crippen molar-refractivity contribution >= 4 is 0 Å². The Morgan fingerprint density at radius 1 is 0.154 bits per heavy atom. The van der Waals surface area contributed by atoms with Gasteiger partial charge < -0.3 is 0 Å². The summed E-state index contributed by atoms with van der Waals surface area (Å²) in [6.07, 6.45) is 28.4. The smallest absolute Gasteiger partial charge is 0.247 e. The molecule has 0 N–H and O–H groups in total. The second kappa shape index (κ2) is 62.6. The number of allylic oxidation sites excluding steroid dienone is 17. The number of nitrogens with zero attached hydrogens (tertiary/aromatic N) is 24. The summed E-state index contributed by atoms with van der Waals surface area (Å²) in [5.41, 5.74) is -14.8. The molecule has 0 aliphatic heterocycles. The van der Waals surface area contributed by atoms with Crippen LogP contribution in [-0.2, 0) is 157 Å². The van der Waals surface area contributed by atoms with Gasteiger partial charge in [0.25, 0.3) is 0 Å². The van der Waals surface area contributed by atoms with E-state index in [0.29, 0.717) is 6.54 Å². The van der Waals surface area contributed by atoms with Gasteiger partial charge in [0.05, 0.1) is 111 Å². The van der Waals surface area contributed by atoms with Crippen molar-refractivity contribution in [1.82, 2.24) is 110 Å². The number of hydrogen-bond acceptors (Lipinski definition) is 24. The molecule has 8 heterocycles. The highest BCUT2D eigenvalue weighted by atomic mass is 16.2. The second-order valence-corrected chi connectivity index (χ2v) is 29.6. The van der Waals surface area contributed by atoms with E-state index in [1.54, 1.807) is 41.5 Å². The van der Waals surface area contributed by atoms with Crippen LogP contribution in [0.2, 0.25) is 0 Å². The summed E-state index contributed by atoms with van der Waals surface area (Å²) in [7, 11) is 0. The topological polar surface area (TPSA) is 528 Å². The lowest BCUT2D eigenvalue weighted by molar-refractivity contribution is 0.354. The summed E-state index contributed by atoms with van der Waals surface area (Å²) in [6.45, 7) is 76.3. The third-order valence-electron chi connectivity index (χ3n) is 20.3. The fourth-order valence-corrected chi connectivity index (χ4v) is 13.3. The summed E-state index contributed by atoms with van der Waals surface area (Å²) in [4.78, 5) is 286. The minimum Gasteiger partial charge on any atom is -0.247 e. The number of unbranched alkanes of at least 4 members (excludes halogenated alkanes) is 1.